The Hall–Kier alpha value is -1.17. The largest absolute Gasteiger partial charge is 0.444 e. The van der Waals surface area contributed by atoms with E-state index in [4.69, 9.17) is 4.74 Å². The van der Waals surface area contributed by atoms with Crippen LogP contribution in [0.15, 0.2) is 12.2 Å². The zero-order valence-electron chi connectivity index (χ0n) is 20.6. The highest BCUT2D eigenvalue weighted by atomic mass is 32.2. The minimum Gasteiger partial charge on any atom is -0.444 e. The Bertz CT molecular complexity index is 476. The molecule has 0 fully saturated rings. The van der Waals surface area contributed by atoms with Gasteiger partial charge in [0.1, 0.15) is 5.60 Å². The van der Waals surface area contributed by atoms with Crippen molar-refractivity contribution in [1.29, 1.82) is 0 Å². The van der Waals surface area contributed by atoms with E-state index < -0.39 is 11.7 Å². The van der Waals surface area contributed by atoms with E-state index in [1.165, 1.54) is 82.6 Å². The monoisotopic (exact) mass is 456 g/mol. The summed E-state index contributed by atoms with van der Waals surface area (Å²) in [6, 6.07) is 0. The molecule has 0 aliphatic rings. The second-order valence-electron chi connectivity index (χ2n) is 9.14. The lowest BCUT2D eigenvalue weighted by Gasteiger charge is -2.19. The summed E-state index contributed by atoms with van der Waals surface area (Å²) in [5.41, 5.74) is -0.491. The number of ether oxygens (including phenoxy) is 1. The Morgan fingerprint density at radius 2 is 1.39 bits per heavy atom. The van der Waals surface area contributed by atoms with Crippen molar-refractivity contribution in [1.82, 2.24) is 10.0 Å². The van der Waals surface area contributed by atoms with Crippen LogP contribution in [0.3, 0.4) is 0 Å². The highest BCUT2D eigenvalue weighted by molar-refractivity contribution is 7.97. The van der Waals surface area contributed by atoms with E-state index in [1.54, 1.807) is 0 Å². The summed E-state index contributed by atoms with van der Waals surface area (Å²) in [7, 11) is 0. The van der Waals surface area contributed by atoms with Crippen LogP contribution >= 0.6 is 11.9 Å². The second-order valence-corrected chi connectivity index (χ2v) is 10.0. The molecule has 0 rings (SSSR count). The van der Waals surface area contributed by atoms with E-state index >= 15 is 0 Å². The standard InChI is InChI=1S/C25H48N2O3S/c1-5-6-7-8-9-10-11-12-13-14-15-16-17-18-19-20-23(28)27-31-22-21-26-24(29)30-25(2,3)4/h12-13H,5-11,14-22H2,1-4H3,(H,26,29)(H,27,28)/b13-12-. The maximum Gasteiger partial charge on any atom is 0.407 e. The Balaban J connectivity index is 3.34. The lowest BCUT2D eigenvalue weighted by atomic mass is 10.1. The number of nitrogens with one attached hydrogen (secondary N) is 2. The summed E-state index contributed by atoms with van der Waals surface area (Å²) >= 11 is 1.33. The van der Waals surface area contributed by atoms with Crippen molar-refractivity contribution < 1.29 is 14.3 Å². The molecule has 0 spiro atoms. The van der Waals surface area contributed by atoms with Crippen LogP contribution in [0.25, 0.3) is 0 Å². The molecule has 0 heterocycles. The molecule has 0 aliphatic carbocycles. The van der Waals surface area contributed by atoms with Gasteiger partial charge >= 0.3 is 6.09 Å². The molecule has 6 heteroatoms. The van der Waals surface area contributed by atoms with Gasteiger partial charge in [0.2, 0.25) is 5.91 Å². The van der Waals surface area contributed by atoms with E-state index in [0.29, 0.717) is 18.7 Å². The van der Waals surface area contributed by atoms with Crippen LogP contribution in [0.5, 0.6) is 0 Å². The van der Waals surface area contributed by atoms with Crippen LogP contribution in [0.1, 0.15) is 118 Å². The number of unbranched alkanes of at least 4 members (excludes halogenated alkanes) is 11. The first-order chi connectivity index (χ1) is 14.8. The third kappa shape index (κ3) is 25.0. The first-order valence-corrected chi connectivity index (χ1v) is 13.4. The molecule has 2 amide bonds. The lowest BCUT2D eigenvalue weighted by Crippen LogP contribution is -2.34. The van der Waals surface area contributed by atoms with Crippen LogP contribution in [0.4, 0.5) is 4.79 Å². The van der Waals surface area contributed by atoms with E-state index in [2.05, 4.69) is 29.1 Å². The predicted molar refractivity (Wildman–Crippen MR) is 134 cm³/mol. The van der Waals surface area contributed by atoms with Crippen LogP contribution in [0.2, 0.25) is 0 Å². The fraction of sp³-hybridized carbons (Fsp3) is 0.840. The normalized spacial score (nSPS) is 11.6. The van der Waals surface area contributed by atoms with Crippen molar-refractivity contribution in [2.75, 3.05) is 12.3 Å². The van der Waals surface area contributed by atoms with E-state index in [1.807, 2.05) is 20.8 Å². The molecule has 2 N–H and O–H groups in total. The third-order valence-corrected chi connectivity index (χ3v) is 5.50. The fourth-order valence-electron chi connectivity index (χ4n) is 3.06. The Morgan fingerprint density at radius 3 is 1.97 bits per heavy atom. The molecule has 0 aliphatic heterocycles. The highest BCUT2D eigenvalue weighted by Crippen LogP contribution is 2.10. The summed E-state index contributed by atoms with van der Waals surface area (Å²) in [6.07, 6.45) is 21.2. The van der Waals surface area contributed by atoms with Crippen LogP contribution in [-0.4, -0.2) is 29.9 Å². The average Bonchev–Trinajstić information content (AvgIpc) is 2.69. The molecule has 0 bridgehead atoms. The Morgan fingerprint density at radius 1 is 0.839 bits per heavy atom. The first-order valence-electron chi connectivity index (χ1n) is 12.4. The lowest BCUT2D eigenvalue weighted by molar-refractivity contribution is -0.119. The molecule has 0 aromatic carbocycles. The number of hydrogen-bond donors (Lipinski definition) is 2. The zero-order valence-corrected chi connectivity index (χ0v) is 21.4. The fourth-order valence-corrected chi connectivity index (χ4v) is 3.63. The average molecular weight is 457 g/mol. The SMILES string of the molecule is CCCCCCCC/C=C\CCCCCCCC(=O)NSCCNC(=O)OC(C)(C)C. The van der Waals surface area contributed by atoms with Crippen molar-refractivity contribution in [3.8, 4) is 0 Å². The molecule has 0 saturated heterocycles. The van der Waals surface area contributed by atoms with Gasteiger partial charge in [-0.2, -0.15) is 0 Å². The van der Waals surface area contributed by atoms with Crippen molar-refractivity contribution in [3.05, 3.63) is 12.2 Å². The summed E-state index contributed by atoms with van der Waals surface area (Å²) < 4.78 is 7.98. The predicted octanol–water partition coefficient (Wildman–Crippen LogP) is 7.31. The number of carbonyl (C=O) groups excluding carboxylic acids is 2. The van der Waals surface area contributed by atoms with Gasteiger partial charge in [-0.15, -0.1) is 0 Å². The molecule has 0 aromatic rings. The summed E-state index contributed by atoms with van der Waals surface area (Å²) in [4.78, 5) is 23.3. The first kappa shape index (κ1) is 29.8. The third-order valence-electron chi connectivity index (χ3n) is 4.72. The molecule has 5 nitrogen and oxygen atoms in total. The van der Waals surface area contributed by atoms with E-state index in [0.717, 1.165) is 12.8 Å². The number of carbonyl (C=O) groups is 2. The van der Waals surface area contributed by atoms with Gasteiger partial charge in [-0.05, 0) is 64.8 Å². The molecule has 31 heavy (non-hydrogen) atoms. The van der Waals surface area contributed by atoms with Crippen molar-refractivity contribution >= 4 is 23.9 Å². The number of rotatable bonds is 19. The van der Waals surface area contributed by atoms with Gasteiger partial charge in [0, 0.05) is 18.7 Å². The van der Waals surface area contributed by atoms with Gasteiger partial charge in [0.05, 0.1) is 0 Å². The van der Waals surface area contributed by atoms with Crippen molar-refractivity contribution in [2.45, 2.75) is 123 Å². The topological polar surface area (TPSA) is 67.4 Å². The van der Waals surface area contributed by atoms with Gasteiger partial charge in [0.25, 0.3) is 0 Å². The number of hydrogen-bond acceptors (Lipinski definition) is 4. The van der Waals surface area contributed by atoms with E-state index in [9.17, 15) is 9.59 Å². The zero-order chi connectivity index (χ0) is 23.2. The maximum atomic E-state index is 11.8. The minimum absolute atomic E-state index is 0.0693. The summed E-state index contributed by atoms with van der Waals surface area (Å²) in [5, 5.41) is 2.67. The molecular formula is C25H48N2O3S. The van der Waals surface area contributed by atoms with Gasteiger partial charge in [-0.1, -0.05) is 70.4 Å². The number of allylic oxidation sites excluding steroid dienone is 2. The van der Waals surface area contributed by atoms with Gasteiger partial charge in [-0.3, -0.25) is 4.79 Å². The molecular weight excluding hydrogens is 408 g/mol. The van der Waals surface area contributed by atoms with Crippen molar-refractivity contribution in [3.63, 3.8) is 0 Å². The molecule has 0 unspecified atom stereocenters. The Kier molecular flexibility index (Phi) is 19.9. The maximum absolute atomic E-state index is 11.8. The van der Waals surface area contributed by atoms with Crippen molar-refractivity contribution in [2.24, 2.45) is 0 Å². The molecule has 0 saturated carbocycles. The minimum atomic E-state index is -0.491. The Labute approximate surface area is 196 Å². The summed E-state index contributed by atoms with van der Waals surface area (Å²) in [5.74, 6) is 0.692. The smallest absolute Gasteiger partial charge is 0.407 e. The number of amides is 2. The van der Waals surface area contributed by atoms with E-state index in [-0.39, 0.29) is 5.91 Å². The van der Waals surface area contributed by atoms with Crippen LogP contribution in [-0.2, 0) is 9.53 Å². The second kappa shape index (κ2) is 20.7. The van der Waals surface area contributed by atoms with Gasteiger partial charge in [-0.25, -0.2) is 4.79 Å². The van der Waals surface area contributed by atoms with Gasteiger partial charge < -0.3 is 14.8 Å². The molecule has 182 valence electrons. The quantitative estimate of drug-likeness (QED) is 0.121. The molecule has 0 atom stereocenters. The van der Waals surface area contributed by atoms with Gasteiger partial charge in [0.15, 0.2) is 0 Å². The number of alkyl carbamates (subject to hydrolysis) is 1. The molecule has 0 radical (unpaired) electrons. The van der Waals surface area contributed by atoms with Crippen LogP contribution < -0.4 is 10.0 Å². The highest BCUT2D eigenvalue weighted by Gasteiger charge is 2.15. The summed E-state index contributed by atoms with van der Waals surface area (Å²) in [6.45, 7) is 8.22. The molecule has 0 aromatic heterocycles. The van der Waals surface area contributed by atoms with Crippen LogP contribution in [0, 0.1) is 0 Å².